The van der Waals surface area contributed by atoms with Crippen molar-refractivity contribution in [2.24, 2.45) is 5.92 Å². The van der Waals surface area contributed by atoms with Crippen LogP contribution in [0.4, 0.5) is 0 Å². The SMILES string of the molecule is C=C(CCSC1CC(=O)N(CCOCCOCCCC[C@@]23CO[C@@H](N2)[C@@H](NC(C)=O)C(O)C3O)C1=O)C(C)CC. The number of nitrogens with one attached hydrogen (secondary N) is 2. The van der Waals surface area contributed by atoms with Crippen LogP contribution in [-0.4, -0.2) is 113 Å². The van der Waals surface area contributed by atoms with Gasteiger partial charge in [-0.15, -0.1) is 11.8 Å². The first-order chi connectivity index (χ1) is 19.1. The van der Waals surface area contributed by atoms with Gasteiger partial charge in [-0.3, -0.25) is 24.6 Å². The lowest BCUT2D eigenvalue weighted by atomic mass is 9.80. The normalized spacial score (nSPS) is 30.6. The third-order valence-electron chi connectivity index (χ3n) is 8.15. The fourth-order valence-electron chi connectivity index (χ4n) is 5.37. The van der Waals surface area contributed by atoms with E-state index in [1.165, 1.54) is 17.4 Å². The Hall–Kier alpha value is -1.54. The third-order valence-corrected chi connectivity index (χ3v) is 9.36. The maximum atomic E-state index is 12.6. The highest BCUT2D eigenvalue weighted by molar-refractivity contribution is 8.00. The van der Waals surface area contributed by atoms with Crippen LogP contribution in [0.1, 0.15) is 59.3 Å². The van der Waals surface area contributed by atoms with Crippen LogP contribution in [-0.2, 0) is 28.6 Å². The fourth-order valence-corrected chi connectivity index (χ4v) is 6.56. The second kappa shape index (κ2) is 15.6. The van der Waals surface area contributed by atoms with E-state index in [4.69, 9.17) is 14.2 Å². The molecule has 3 fully saturated rings. The van der Waals surface area contributed by atoms with Crippen molar-refractivity contribution in [3.8, 4) is 0 Å². The van der Waals surface area contributed by atoms with E-state index < -0.39 is 30.0 Å². The first-order valence-corrected chi connectivity index (χ1v) is 15.5. The Morgan fingerprint density at radius 2 is 1.98 bits per heavy atom. The zero-order chi connectivity index (χ0) is 29.3. The number of piperidine rings is 1. The second-order valence-corrected chi connectivity index (χ2v) is 12.4. The molecule has 40 heavy (non-hydrogen) atoms. The van der Waals surface area contributed by atoms with Crippen molar-refractivity contribution < 1.29 is 38.8 Å². The zero-order valence-electron chi connectivity index (χ0n) is 24.1. The molecule has 12 heteroatoms. The molecule has 3 aliphatic rings. The van der Waals surface area contributed by atoms with Crippen LogP contribution in [0.3, 0.4) is 0 Å². The first-order valence-electron chi connectivity index (χ1n) is 14.4. The molecule has 11 nitrogen and oxygen atoms in total. The van der Waals surface area contributed by atoms with Crippen molar-refractivity contribution in [1.29, 1.82) is 0 Å². The summed E-state index contributed by atoms with van der Waals surface area (Å²) in [7, 11) is 0. The van der Waals surface area contributed by atoms with Crippen LogP contribution in [0.25, 0.3) is 0 Å². The summed E-state index contributed by atoms with van der Waals surface area (Å²) in [6.07, 6.45) is 1.56. The minimum atomic E-state index is -1.11. The van der Waals surface area contributed by atoms with Gasteiger partial charge in [-0.05, 0) is 43.8 Å². The molecule has 0 radical (unpaired) electrons. The molecular weight excluding hydrogens is 538 g/mol. The molecule has 3 saturated heterocycles. The number of carbonyl (C=O) groups excluding carboxylic acids is 3. The van der Waals surface area contributed by atoms with E-state index in [1.54, 1.807) is 11.8 Å². The summed E-state index contributed by atoms with van der Waals surface area (Å²) in [5.74, 6) is 0.703. The molecule has 228 valence electrons. The average molecular weight is 586 g/mol. The fraction of sp³-hybridized carbons (Fsp3) is 0.821. The Kier molecular flexibility index (Phi) is 12.9. The number of hydrogen-bond donors (Lipinski definition) is 4. The smallest absolute Gasteiger partial charge is 0.242 e. The quantitative estimate of drug-likeness (QED) is 0.104. The minimum absolute atomic E-state index is 0.127. The standard InChI is InChI=1S/C28H47N3O8S/c1-5-18(2)19(3)8-15-40-21-16-22(33)31(27(21)36)10-12-38-14-13-37-11-7-6-9-28-17-39-26(30-28)23(29-20(4)32)24(34)25(28)35/h18,21,23-26,30,34-35H,3,5-17H2,1-2,4H3,(H,29,32)/t18?,21?,23-,24?,25?,26+,28-/m0/s1. The van der Waals surface area contributed by atoms with Gasteiger partial charge in [-0.1, -0.05) is 26.0 Å². The Morgan fingerprint density at radius 1 is 1.25 bits per heavy atom. The van der Waals surface area contributed by atoms with E-state index in [2.05, 4.69) is 31.1 Å². The molecule has 3 aliphatic heterocycles. The second-order valence-electron chi connectivity index (χ2n) is 11.0. The lowest BCUT2D eigenvalue weighted by Crippen LogP contribution is -2.71. The van der Waals surface area contributed by atoms with Crippen LogP contribution >= 0.6 is 11.8 Å². The molecule has 0 aromatic carbocycles. The van der Waals surface area contributed by atoms with Crippen LogP contribution in [0.2, 0.25) is 0 Å². The number of aliphatic hydroxyl groups excluding tert-OH is 2. The molecule has 3 rings (SSSR count). The molecule has 0 aromatic heterocycles. The number of hydrogen-bond acceptors (Lipinski definition) is 10. The van der Waals surface area contributed by atoms with Crippen molar-refractivity contribution in [2.75, 3.05) is 45.3 Å². The van der Waals surface area contributed by atoms with Crippen molar-refractivity contribution in [3.05, 3.63) is 12.2 Å². The number of imide groups is 1. The summed E-state index contributed by atoms with van der Waals surface area (Å²) in [5.41, 5.74) is 0.449. The third kappa shape index (κ3) is 8.50. The van der Waals surface area contributed by atoms with Crippen molar-refractivity contribution >= 4 is 29.5 Å². The topological polar surface area (TPSA) is 147 Å². The monoisotopic (exact) mass is 585 g/mol. The Morgan fingerprint density at radius 3 is 2.67 bits per heavy atom. The van der Waals surface area contributed by atoms with Gasteiger partial charge in [0, 0.05) is 20.0 Å². The van der Waals surface area contributed by atoms with Gasteiger partial charge in [0.2, 0.25) is 17.7 Å². The summed E-state index contributed by atoms with van der Waals surface area (Å²) in [6.45, 7) is 11.8. The Bertz CT molecular complexity index is 892. The predicted molar refractivity (Wildman–Crippen MR) is 152 cm³/mol. The highest BCUT2D eigenvalue weighted by Crippen LogP contribution is 2.35. The minimum Gasteiger partial charge on any atom is -0.388 e. The van der Waals surface area contributed by atoms with Gasteiger partial charge in [-0.2, -0.15) is 0 Å². The van der Waals surface area contributed by atoms with Gasteiger partial charge in [0.05, 0.1) is 49.8 Å². The van der Waals surface area contributed by atoms with Crippen molar-refractivity contribution in [2.45, 2.75) is 94.6 Å². The lowest BCUT2D eigenvalue weighted by molar-refractivity contribution is -0.139. The number of likely N-dealkylation sites (tertiary alicyclic amines) is 1. The first kappa shape index (κ1) is 33.0. The summed E-state index contributed by atoms with van der Waals surface area (Å²) in [5, 5.41) is 26.8. The molecule has 2 bridgehead atoms. The van der Waals surface area contributed by atoms with Crippen LogP contribution < -0.4 is 10.6 Å². The molecule has 3 amide bonds. The van der Waals surface area contributed by atoms with E-state index in [-0.39, 0.29) is 49.2 Å². The van der Waals surface area contributed by atoms with E-state index in [0.29, 0.717) is 32.2 Å². The highest BCUT2D eigenvalue weighted by atomic mass is 32.2. The number of amides is 3. The van der Waals surface area contributed by atoms with Gasteiger partial charge >= 0.3 is 0 Å². The zero-order valence-corrected chi connectivity index (χ0v) is 24.9. The average Bonchev–Trinajstić information content (AvgIpc) is 3.45. The number of ether oxygens (including phenoxy) is 3. The molecular formula is C28H47N3O8S. The molecule has 4 N–H and O–H groups in total. The summed E-state index contributed by atoms with van der Waals surface area (Å²) < 4.78 is 16.9. The van der Waals surface area contributed by atoms with E-state index in [9.17, 15) is 24.6 Å². The number of aliphatic hydroxyl groups is 2. The molecule has 7 atom stereocenters. The van der Waals surface area contributed by atoms with E-state index >= 15 is 0 Å². The number of rotatable bonds is 18. The van der Waals surface area contributed by atoms with Crippen molar-refractivity contribution in [3.63, 3.8) is 0 Å². The number of carbonyl (C=O) groups is 3. The Labute approximate surface area is 241 Å². The van der Waals surface area contributed by atoms with Crippen LogP contribution in [0.15, 0.2) is 12.2 Å². The highest BCUT2D eigenvalue weighted by Gasteiger charge is 2.57. The van der Waals surface area contributed by atoms with Gasteiger partial charge in [-0.25, -0.2) is 0 Å². The van der Waals surface area contributed by atoms with Gasteiger partial charge < -0.3 is 29.7 Å². The number of allylic oxidation sites excluding steroid dienone is 1. The number of unbranched alkanes of at least 4 members (excludes halogenated alkanes) is 1. The van der Waals surface area contributed by atoms with Gasteiger partial charge in [0.25, 0.3) is 0 Å². The number of fused-ring (bicyclic) bond motifs is 2. The molecule has 3 heterocycles. The van der Waals surface area contributed by atoms with Gasteiger partial charge in [0.1, 0.15) is 18.4 Å². The van der Waals surface area contributed by atoms with E-state index in [0.717, 1.165) is 31.4 Å². The van der Waals surface area contributed by atoms with Crippen LogP contribution in [0.5, 0.6) is 0 Å². The largest absolute Gasteiger partial charge is 0.388 e. The maximum Gasteiger partial charge on any atom is 0.242 e. The maximum absolute atomic E-state index is 12.6. The number of nitrogens with zero attached hydrogens (tertiary/aromatic N) is 1. The van der Waals surface area contributed by atoms with E-state index in [1.807, 2.05) is 0 Å². The molecule has 0 saturated carbocycles. The Balaban J connectivity index is 1.22. The number of thioether (sulfide) groups is 1. The lowest BCUT2D eigenvalue weighted by Gasteiger charge is -2.44. The summed E-state index contributed by atoms with van der Waals surface area (Å²) in [6, 6.07) is -0.696. The predicted octanol–water partition coefficient (Wildman–Crippen LogP) is 0.968. The van der Waals surface area contributed by atoms with Crippen molar-refractivity contribution in [1.82, 2.24) is 15.5 Å². The van der Waals surface area contributed by atoms with Crippen LogP contribution in [0, 0.1) is 5.92 Å². The molecule has 0 aromatic rings. The molecule has 4 unspecified atom stereocenters. The molecule has 0 spiro atoms. The summed E-state index contributed by atoms with van der Waals surface area (Å²) in [4.78, 5) is 37.6. The van der Waals surface area contributed by atoms with Gasteiger partial charge in [0.15, 0.2) is 0 Å². The molecule has 0 aliphatic carbocycles. The summed E-state index contributed by atoms with van der Waals surface area (Å²) >= 11 is 1.54.